The summed E-state index contributed by atoms with van der Waals surface area (Å²) in [6, 6.07) is 9.03. The van der Waals surface area contributed by atoms with Crippen molar-refractivity contribution >= 4 is 23.4 Å². The Kier molecular flexibility index (Phi) is 2.92. The summed E-state index contributed by atoms with van der Waals surface area (Å²) in [6.07, 6.45) is 5.03. The number of imidazole rings is 1. The van der Waals surface area contributed by atoms with Crippen LogP contribution in [0.5, 0.6) is 0 Å². The summed E-state index contributed by atoms with van der Waals surface area (Å²) >= 11 is 1.32. The molecule has 3 aromatic rings. The minimum atomic E-state index is -0.991. The lowest BCUT2D eigenvalue weighted by molar-refractivity contribution is 0.0685. The zero-order valence-corrected chi connectivity index (χ0v) is 10.5. The summed E-state index contributed by atoms with van der Waals surface area (Å²) in [5, 5.41) is 9.82. The van der Waals surface area contributed by atoms with Crippen LogP contribution in [-0.2, 0) is 0 Å². The second-order valence-corrected chi connectivity index (χ2v) is 4.85. The molecule has 0 aromatic carbocycles. The van der Waals surface area contributed by atoms with Crippen LogP contribution in [-0.4, -0.2) is 25.4 Å². The van der Waals surface area contributed by atoms with Gasteiger partial charge in [-0.25, -0.2) is 9.78 Å². The van der Waals surface area contributed by atoms with Crippen molar-refractivity contribution in [3.63, 3.8) is 0 Å². The largest absolute Gasteiger partial charge is 0.476 e. The lowest BCUT2D eigenvalue weighted by Gasteiger charge is -1.99. The Labute approximate surface area is 112 Å². The number of aromatic nitrogens is 3. The number of fused-ring (bicyclic) bond motifs is 1. The molecule has 6 heteroatoms. The Morgan fingerprint density at radius 3 is 2.74 bits per heavy atom. The molecule has 0 aliphatic rings. The number of aromatic carboxylic acids is 1. The van der Waals surface area contributed by atoms with E-state index in [-0.39, 0.29) is 5.69 Å². The third kappa shape index (κ3) is 2.17. The van der Waals surface area contributed by atoms with Crippen LogP contribution in [0, 0.1) is 0 Å². The highest BCUT2D eigenvalue weighted by Crippen LogP contribution is 2.30. The van der Waals surface area contributed by atoms with Crippen molar-refractivity contribution in [1.29, 1.82) is 0 Å². The Morgan fingerprint density at radius 2 is 2.00 bits per heavy atom. The monoisotopic (exact) mass is 271 g/mol. The van der Waals surface area contributed by atoms with Crippen molar-refractivity contribution in [1.82, 2.24) is 14.4 Å². The van der Waals surface area contributed by atoms with E-state index in [9.17, 15) is 9.90 Å². The molecule has 0 atom stereocenters. The molecule has 0 spiro atoms. The number of nitrogens with zero attached hydrogens (tertiary/aromatic N) is 3. The van der Waals surface area contributed by atoms with E-state index in [2.05, 4.69) is 9.97 Å². The van der Waals surface area contributed by atoms with Gasteiger partial charge in [0.05, 0.1) is 0 Å². The lowest BCUT2D eigenvalue weighted by atomic mass is 10.4. The first-order chi connectivity index (χ1) is 9.25. The van der Waals surface area contributed by atoms with Gasteiger partial charge in [-0.05, 0) is 24.3 Å². The van der Waals surface area contributed by atoms with Crippen LogP contribution in [0.4, 0.5) is 0 Å². The molecule has 1 N–H and O–H groups in total. The zero-order valence-electron chi connectivity index (χ0n) is 9.72. The van der Waals surface area contributed by atoms with Crippen LogP contribution >= 0.6 is 11.8 Å². The molecule has 0 saturated carbocycles. The van der Waals surface area contributed by atoms with E-state index >= 15 is 0 Å². The molecule has 3 heterocycles. The fourth-order valence-corrected chi connectivity index (χ4v) is 2.66. The van der Waals surface area contributed by atoms with Gasteiger partial charge >= 0.3 is 5.97 Å². The van der Waals surface area contributed by atoms with Crippen LogP contribution in [0.15, 0.2) is 58.8 Å². The second kappa shape index (κ2) is 4.74. The fourth-order valence-electron chi connectivity index (χ4n) is 1.76. The highest BCUT2D eigenvalue weighted by molar-refractivity contribution is 7.99. The molecule has 3 rings (SSSR count). The third-order valence-electron chi connectivity index (χ3n) is 2.56. The maximum atomic E-state index is 11.4. The quantitative estimate of drug-likeness (QED) is 0.793. The SMILES string of the molecule is O=C(O)c1c(Sc2ccncc2)nc2ccccn12. The second-order valence-electron chi connectivity index (χ2n) is 3.78. The minimum Gasteiger partial charge on any atom is -0.476 e. The molecule has 0 aliphatic carbocycles. The summed E-state index contributed by atoms with van der Waals surface area (Å²) < 4.78 is 1.58. The minimum absolute atomic E-state index is 0.178. The molecule has 0 aliphatic heterocycles. The van der Waals surface area contributed by atoms with Gasteiger partial charge in [-0.15, -0.1) is 0 Å². The van der Waals surface area contributed by atoms with Gasteiger partial charge in [-0.2, -0.15) is 0 Å². The summed E-state index contributed by atoms with van der Waals surface area (Å²) in [6.45, 7) is 0. The average molecular weight is 271 g/mol. The van der Waals surface area contributed by atoms with E-state index in [4.69, 9.17) is 0 Å². The number of rotatable bonds is 3. The molecule has 94 valence electrons. The van der Waals surface area contributed by atoms with Crippen LogP contribution in [0.25, 0.3) is 5.65 Å². The molecule has 0 radical (unpaired) electrons. The number of carboxylic acids is 1. The standard InChI is InChI=1S/C13H9N3O2S/c17-13(18)11-12(19-9-4-6-14-7-5-9)15-10-3-1-2-8-16(10)11/h1-8H,(H,17,18). The molecule has 0 unspecified atom stereocenters. The van der Waals surface area contributed by atoms with Gasteiger partial charge in [-0.3, -0.25) is 9.38 Å². The van der Waals surface area contributed by atoms with E-state index < -0.39 is 5.97 Å². The van der Waals surface area contributed by atoms with Crippen LogP contribution in [0.2, 0.25) is 0 Å². The number of carbonyl (C=O) groups is 1. The summed E-state index contributed by atoms with van der Waals surface area (Å²) in [7, 11) is 0. The number of pyridine rings is 2. The van der Waals surface area contributed by atoms with Crippen LogP contribution < -0.4 is 0 Å². The van der Waals surface area contributed by atoms with Crippen molar-refractivity contribution in [2.24, 2.45) is 0 Å². The van der Waals surface area contributed by atoms with E-state index in [1.165, 1.54) is 11.8 Å². The predicted octanol–water partition coefficient (Wildman–Crippen LogP) is 2.58. The first-order valence-corrected chi connectivity index (χ1v) is 6.35. The average Bonchev–Trinajstić information content (AvgIpc) is 2.77. The van der Waals surface area contributed by atoms with Crippen LogP contribution in [0.3, 0.4) is 0 Å². The molecule has 3 aromatic heterocycles. The van der Waals surface area contributed by atoms with E-state index in [1.807, 2.05) is 18.2 Å². The van der Waals surface area contributed by atoms with Crippen LogP contribution in [0.1, 0.15) is 10.5 Å². The van der Waals surface area contributed by atoms with Gasteiger partial charge in [0, 0.05) is 23.5 Å². The Bertz CT molecular complexity index is 740. The maximum absolute atomic E-state index is 11.4. The van der Waals surface area contributed by atoms with Crippen molar-refractivity contribution in [2.75, 3.05) is 0 Å². The Morgan fingerprint density at radius 1 is 1.21 bits per heavy atom. The maximum Gasteiger partial charge on any atom is 0.355 e. The highest BCUT2D eigenvalue weighted by Gasteiger charge is 2.19. The van der Waals surface area contributed by atoms with Gasteiger partial charge in [0.1, 0.15) is 10.7 Å². The van der Waals surface area contributed by atoms with E-state index in [0.717, 1.165) is 4.90 Å². The lowest BCUT2D eigenvalue weighted by Crippen LogP contribution is -2.02. The summed E-state index contributed by atoms with van der Waals surface area (Å²) in [4.78, 5) is 20.6. The predicted molar refractivity (Wildman–Crippen MR) is 70.5 cm³/mol. The molecule has 5 nitrogen and oxygen atoms in total. The fraction of sp³-hybridized carbons (Fsp3) is 0. The van der Waals surface area contributed by atoms with Crippen molar-refractivity contribution < 1.29 is 9.90 Å². The van der Waals surface area contributed by atoms with Gasteiger partial charge in [0.2, 0.25) is 0 Å². The number of carboxylic acid groups (broad SMARTS) is 1. The molecule has 19 heavy (non-hydrogen) atoms. The first-order valence-electron chi connectivity index (χ1n) is 5.54. The molecule has 0 bridgehead atoms. The van der Waals surface area contributed by atoms with Crippen molar-refractivity contribution in [3.05, 3.63) is 54.6 Å². The smallest absolute Gasteiger partial charge is 0.355 e. The van der Waals surface area contributed by atoms with E-state index in [0.29, 0.717) is 10.7 Å². The topological polar surface area (TPSA) is 67.5 Å². The van der Waals surface area contributed by atoms with E-state index in [1.54, 1.807) is 35.1 Å². The molecule has 0 saturated heterocycles. The van der Waals surface area contributed by atoms with Gasteiger partial charge in [-0.1, -0.05) is 17.8 Å². The Hall–Kier alpha value is -2.34. The van der Waals surface area contributed by atoms with Crippen molar-refractivity contribution in [2.45, 2.75) is 9.92 Å². The summed E-state index contributed by atoms with van der Waals surface area (Å²) in [5.41, 5.74) is 0.800. The molecular formula is C13H9N3O2S. The first kappa shape index (κ1) is 11.7. The van der Waals surface area contributed by atoms with Gasteiger partial charge < -0.3 is 5.11 Å². The normalized spacial score (nSPS) is 10.7. The zero-order chi connectivity index (χ0) is 13.2. The third-order valence-corrected chi connectivity index (χ3v) is 3.55. The molecule has 0 amide bonds. The molecular weight excluding hydrogens is 262 g/mol. The molecule has 0 fully saturated rings. The number of hydrogen-bond acceptors (Lipinski definition) is 4. The van der Waals surface area contributed by atoms with Gasteiger partial charge in [0.15, 0.2) is 5.69 Å². The van der Waals surface area contributed by atoms with Crippen molar-refractivity contribution in [3.8, 4) is 0 Å². The highest BCUT2D eigenvalue weighted by atomic mass is 32.2. The summed E-state index contributed by atoms with van der Waals surface area (Å²) in [5.74, 6) is -0.991. The Balaban J connectivity index is 2.13. The number of hydrogen-bond donors (Lipinski definition) is 1. The van der Waals surface area contributed by atoms with Gasteiger partial charge in [0.25, 0.3) is 0 Å².